The van der Waals surface area contributed by atoms with E-state index in [1.54, 1.807) is 32.3 Å². The molecule has 0 aliphatic heterocycles. The molecule has 0 spiro atoms. The standard InChI is InChI=1S/C20H21FN2O5/c1-23(2)18(24)12-28-17-6-4-3-5-15(17)19(25)22-11-16(20(26)27)13-7-9-14(21)10-8-13/h3-10,16H,11-12H2,1-2H3,(H,22,25)(H,26,27). The Hall–Kier alpha value is -3.42. The Morgan fingerprint density at radius 3 is 2.36 bits per heavy atom. The van der Waals surface area contributed by atoms with Crippen LogP contribution in [0.5, 0.6) is 5.75 Å². The number of nitrogens with one attached hydrogen (secondary N) is 1. The Kier molecular flexibility index (Phi) is 7.08. The predicted octanol–water partition coefficient (Wildman–Crippen LogP) is 1.89. The molecule has 2 amide bonds. The van der Waals surface area contributed by atoms with Crippen LogP contribution < -0.4 is 10.1 Å². The van der Waals surface area contributed by atoms with Crippen molar-refractivity contribution in [3.63, 3.8) is 0 Å². The third kappa shape index (κ3) is 5.54. The van der Waals surface area contributed by atoms with Crippen molar-refractivity contribution in [1.29, 1.82) is 0 Å². The molecular formula is C20H21FN2O5. The Morgan fingerprint density at radius 2 is 1.75 bits per heavy atom. The lowest BCUT2D eigenvalue weighted by Crippen LogP contribution is -2.32. The molecule has 7 nitrogen and oxygen atoms in total. The highest BCUT2D eigenvalue weighted by molar-refractivity contribution is 5.97. The molecule has 1 unspecified atom stereocenters. The van der Waals surface area contributed by atoms with Crippen molar-refractivity contribution in [3.05, 3.63) is 65.5 Å². The fourth-order valence-electron chi connectivity index (χ4n) is 2.38. The highest BCUT2D eigenvalue weighted by Gasteiger charge is 2.22. The first-order valence-electron chi connectivity index (χ1n) is 8.48. The number of likely N-dealkylation sites (N-methyl/N-ethyl adjacent to an activating group) is 1. The summed E-state index contributed by atoms with van der Waals surface area (Å²) in [7, 11) is 3.18. The first-order valence-corrected chi connectivity index (χ1v) is 8.48. The molecule has 2 aromatic rings. The van der Waals surface area contributed by atoms with Gasteiger partial charge in [-0.3, -0.25) is 14.4 Å². The second-order valence-electron chi connectivity index (χ2n) is 6.23. The maximum Gasteiger partial charge on any atom is 0.312 e. The lowest BCUT2D eigenvalue weighted by molar-refractivity contribution is -0.138. The van der Waals surface area contributed by atoms with Gasteiger partial charge in [-0.2, -0.15) is 0 Å². The van der Waals surface area contributed by atoms with Gasteiger partial charge < -0.3 is 20.1 Å². The van der Waals surface area contributed by atoms with E-state index in [-0.39, 0.29) is 30.4 Å². The fraction of sp³-hybridized carbons (Fsp3) is 0.250. The third-order valence-electron chi connectivity index (χ3n) is 4.02. The van der Waals surface area contributed by atoms with Crippen molar-refractivity contribution in [2.45, 2.75) is 5.92 Å². The maximum atomic E-state index is 13.1. The zero-order valence-corrected chi connectivity index (χ0v) is 15.5. The number of aliphatic carboxylic acids is 1. The quantitative estimate of drug-likeness (QED) is 0.720. The number of halogens is 1. The minimum absolute atomic E-state index is 0.178. The lowest BCUT2D eigenvalue weighted by Gasteiger charge is -2.16. The molecule has 28 heavy (non-hydrogen) atoms. The molecule has 2 rings (SSSR count). The molecule has 0 heterocycles. The van der Waals surface area contributed by atoms with Crippen LogP contribution in [0.4, 0.5) is 4.39 Å². The van der Waals surface area contributed by atoms with E-state index >= 15 is 0 Å². The topological polar surface area (TPSA) is 95.9 Å². The van der Waals surface area contributed by atoms with Gasteiger partial charge in [-0.15, -0.1) is 0 Å². The van der Waals surface area contributed by atoms with Crippen molar-refractivity contribution < 1.29 is 28.6 Å². The largest absolute Gasteiger partial charge is 0.483 e. The summed E-state index contributed by atoms with van der Waals surface area (Å²) in [5, 5.41) is 12.0. The van der Waals surface area contributed by atoms with Crippen LogP contribution in [0.1, 0.15) is 21.8 Å². The highest BCUT2D eigenvalue weighted by atomic mass is 19.1. The van der Waals surface area contributed by atoms with Gasteiger partial charge >= 0.3 is 5.97 Å². The average Bonchev–Trinajstić information content (AvgIpc) is 2.67. The van der Waals surface area contributed by atoms with Crippen LogP contribution in [0, 0.1) is 5.82 Å². The molecule has 2 aromatic carbocycles. The van der Waals surface area contributed by atoms with E-state index in [0.29, 0.717) is 5.56 Å². The summed E-state index contributed by atoms with van der Waals surface area (Å²) in [4.78, 5) is 37.1. The number of ether oxygens (including phenoxy) is 1. The molecule has 0 saturated carbocycles. The average molecular weight is 388 g/mol. The smallest absolute Gasteiger partial charge is 0.312 e. The molecule has 2 N–H and O–H groups in total. The molecule has 0 aromatic heterocycles. The van der Waals surface area contributed by atoms with Gasteiger partial charge in [-0.1, -0.05) is 24.3 Å². The predicted molar refractivity (Wildman–Crippen MR) is 99.7 cm³/mol. The summed E-state index contributed by atoms with van der Waals surface area (Å²) >= 11 is 0. The fourth-order valence-corrected chi connectivity index (χ4v) is 2.38. The van der Waals surface area contributed by atoms with Gasteiger partial charge in [0.05, 0.1) is 11.5 Å². The number of para-hydroxylation sites is 1. The lowest BCUT2D eigenvalue weighted by atomic mass is 9.99. The minimum atomic E-state index is -1.15. The van der Waals surface area contributed by atoms with E-state index in [9.17, 15) is 23.9 Å². The summed E-state index contributed by atoms with van der Waals surface area (Å²) in [5.41, 5.74) is 0.549. The van der Waals surface area contributed by atoms with Gasteiger partial charge in [0.2, 0.25) is 0 Å². The van der Waals surface area contributed by atoms with Gasteiger partial charge in [0.15, 0.2) is 6.61 Å². The highest BCUT2D eigenvalue weighted by Crippen LogP contribution is 2.20. The van der Waals surface area contributed by atoms with Crippen molar-refractivity contribution in [1.82, 2.24) is 10.2 Å². The summed E-state index contributed by atoms with van der Waals surface area (Å²) in [5.74, 6) is -3.25. The zero-order chi connectivity index (χ0) is 20.7. The second-order valence-corrected chi connectivity index (χ2v) is 6.23. The molecule has 1 atom stereocenters. The van der Waals surface area contributed by atoms with E-state index in [2.05, 4.69) is 5.32 Å². The normalized spacial score (nSPS) is 11.4. The van der Waals surface area contributed by atoms with Crippen LogP contribution in [-0.2, 0) is 9.59 Å². The Balaban J connectivity index is 2.08. The summed E-state index contributed by atoms with van der Waals surface area (Å²) in [6, 6.07) is 11.4. The first kappa shape index (κ1) is 20.9. The third-order valence-corrected chi connectivity index (χ3v) is 4.02. The number of nitrogens with zero attached hydrogens (tertiary/aromatic N) is 1. The number of hydrogen-bond donors (Lipinski definition) is 2. The summed E-state index contributed by atoms with van der Waals surface area (Å²) < 4.78 is 18.5. The van der Waals surface area contributed by atoms with Crippen LogP contribution >= 0.6 is 0 Å². The van der Waals surface area contributed by atoms with Crippen LogP contribution in [-0.4, -0.2) is 55.0 Å². The number of carbonyl (C=O) groups is 3. The van der Waals surface area contributed by atoms with Crippen molar-refractivity contribution >= 4 is 17.8 Å². The molecule has 0 saturated heterocycles. The van der Waals surface area contributed by atoms with Crippen molar-refractivity contribution in [2.75, 3.05) is 27.2 Å². The van der Waals surface area contributed by atoms with E-state index < -0.39 is 23.6 Å². The van der Waals surface area contributed by atoms with Gasteiger partial charge in [0, 0.05) is 20.6 Å². The molecular weight excluding hydrogens is 367 g/mol. The van der Waals surface area contributed by atoms with Crippen LogP contribution in [0.25, 0.3) is 0 Å². The number of amides is 2. The molecule has 0 aliphatic carbocycles. The Morgan fingerprint density at radius 1 is 1.11 bits per heavy atom. The minimum Gasteiger partial charge on any atom is -0.483 e. The maximum absolute atomic E-state index is 13.1. The van der Waals surface area contributed by atoms with E-state index in [4.69, 9.17) is 4.74 Å². The molecule has 0 fully saturated rings. The molecule has 8 heteroatoms. The number of rotatable bonds is 8. The molecule has 0 radical (unpaired) electrons. The molecule has 0 aliphatic rings. The van der Waals surface area contributed by atoms with Crippen LogP contribution in [0.2, 0.25) is 0 Å². The SMILES string of the molecule is CN(C)C(=O)COc1ccccc1C(=O)NCC(C(=O)O)c1ccc(F)cc1. The molecule has 148 valence electrons. The number of carboxylic acids is 1. The van der Waals surface area contributed by atoms with Crippen molar-refractivity contribution in [2.24, 2.45) is 0 Å². The monoisotopic (exact) mass is 388 g/mol. The summed E-state index contributed by atoms with van der Waals surface area (Å²) in [6.07, 6.45) is 0. The van der Waals surface area contributed by atoms with Gasteiger partial charge in [0.1, 0.15) is 11.6 Å². The first-order chi connectivity index (χ1) is 13.3. The van der Waals surface area contributed by atoms with Crippen molar-refractivity contribution in [3.8, 4) is 5.75 Å². The second kappa shape index (κ2) is 9.50. The van der Waals surface area contributed by atoms with Crippen LogP contribution in [0.15, 0.2) is 48.5 Å². The number of carboxylic acid groups (broad SMARTS) is 1. The van der Waals surface area contributed by atoms with Gasteiger partial charge in [-0.25, -0.2) is 4.39 Å². The van der Waals surface area contributed by atoms with E-state index in [0.717, 1.165) is 12.1 Å². The number of hydrogen-bond acceptors (Lipinski definition) is 4. The zero-order valence-electron chi connectivity index (χ0n) is 15.5. The van der Waals surface area contributed by atoms with Crippen LogP contribution in [0.3, 0.4) is 0 Å². The summed E-state index contributed by atoms with van der Waals surface area (Å²) in [6.45, 7) is -0.421. The van der Waals surface area contributed by atoms with E-state index in [1.807, 2.05) is 0 Å². The molecule has 0 bridgehead atoms. The number of carbonyl (C=O) groups excluding carboxylic acids is 2. The Labute approximate surface area is 161 Å². The number of benzene rings is 2. The van der Waals surface area contributed by atoms with E-state index in [1.165, 1.54) is 23.1 Å². The van der Waals surface area contributed by atoms with Gasteiger partial charge in [-0.05, 0) is 29.8 Å². The van der Waals surface area contributed by atoms with Gasteiger partial charge in [0.25, 0.3) is 11.8 Å². The Bertz CT molecular complexity index is 852.